The van der Waals surface area contributed by atoms with E-state index in [1.165, 1.54) is 0 Å². The minimum Gasteiger partial charge on any atom is -0.395 e. The Morgan fingerprint density at radius 3 is 2.87 bits per heavy atom. The largest absolute Gasteiger partial charge is 0.395 e. The number of aryl methyl sites for hydroxylation is 1. The lowest BCUT2D eigenvalue weighted by Gasteiger charge is -2.40. The number of aromatic nitrogens is 3. The van der Waals surface area contributed by atoms with E-state index < -0.39 is 0 Å². The molecule has 0 saturated carbocycles. The van der Waals surface area contributed by atoms with Gasteiger partial charge in [0.15, 0.2) is 5.82 Å². The third-order valence-corrected chi connectivity index (χ3v) is 4.18. The molecular formula is C17H23N5O. The zero-order valence-corrected chi connectivity index (χ0v) is 13.7. The predicted molar refractivity (Wildman–Crippen MR) is 90.3 cm³/mol. The molecule has 0 radical (unpaired) electrons. The van der Waals surface area contributed by atoms with Crippen LogP contribution in [-0.4, -0.2) is 63.8 Å². The molecular weight excluding hydrogens is 290 g/mol. The minimum atomic E-state index is 0.213. The molecule has 6 heteroatoms. The zero-order valence-electron chi connectivity index (χ0n) is 13.7. The van der Waals surface area contributed by atoms with Gasteiger partial charge in [0.25, 0.3) is 0 Å². The van der Waals surface area contributed by atoms with Crippen LogP contribution in [0.3, 0.4) is 0 Å². The Kier molecular flexibility index (Phi) is 4.83. The number of rotatable bonds is 4. The van der Waals surface area contributed by atoms with Crippen molar-refractivity contribution in [2.75, 3.05) is 37.7 Å². The molecule has 1 saturated heterocycles. The van der Waals surface area contributed by atoms with Gasteiger partial charge in [-0.05, 0) is 26.0 Å². The van der Waals surface area contributed by atoms with Crippen molar-refractivity contribution in [1.29, 1.82) is 0 Å². The lowest BCUT2D eigenvalue weighted by molar-refractivity contribution is 0.173. The lowest BCUT2D eigenvalue weighted by Crippen LogP contribution is -2.52. The molecule has 1 unspecified atom stereocenters. The van der Waals surface area contributed by atoms with E-state index in [0.717, 1.165) is 49.1 Å². The molecule has 2 aromatic rings. The van der Waals surface area contributed by atoms with Gasteiger partial charge in [0.2, 0.25) is 0 Å². The Morgan fingerprint density at radius 2 is 2.17 bits per heavy atom. The van der Waals surface area contributed by atoms with E-state index in [9.17, 15) is 0 Å². The van der Waals surface area contributed by atoms with Crippen molar-refractivity contribution in [3.8, 4) is 11.4 Å². The number of anilines is 1. The molecule has 1 atom stereocenters. The Bertz CT molecular complexity index is 649. The van der Waals surface area contributed by atoms with Crippen LogP contribution in [0.2, 0.25) is 0 Å². The molecule has 1 aliphatic rings. The SMILES string of the molecule is Cc1cc(N2CCN(CCO)CC2C)nc(-c2cccnc2)n1. The second kappa shape index (κ2) is 7.02. The van der Waals surface area contributed by atoms with Gasteiger partial charge in [-0.3, -0.25) is 9.88 Å². The van der Waals surface area contributed by atoms with Crippen LogP contribution in [0.4, 0.5) is 5.82 Å². The molecule has 0 spiro atoms. The molecule has 0 amide bonds. The first-order valence-corrected chi connectivity index (χ1v) is 8.03. The number of nitrogens with zero attached hydrogens (tertiary/aromatic N) is 5. The molecule has 1 N–H and O–H groups in total. The Balaban J connectivity index is 1.85. The van der Waals surface area contributed by atoms with E-state index in [-0.39, 0.29) is 6.61 Å². The van der Waals surface area contributed by atoms with Gasteiger partial charge in [0.1, 0.15) is 5.82 Å². The molecule has 122 valence electrons. The first-order valence-electron chi connectivity index (χ1n) is 8.03. The molecule has 3 rings (SSSR count). The van der Waals surface area contributed by atoms with Crippen LogP contribution in [-0.2, 0) is 0 Å². The number of aliphatic hydroxyl groups excluding tert-OH is 1. The van der Waals surface area contributed by atoms with E-state index >= 15 is 0 Å². The quantitative estimate of drug-likeness (QED) is 0.919. The van der Waals surface area contributed by atoms with Crippen LogP contribution < -0.4 is 4.90 Å². The summed E-state index contributed by atoms with van der Waals surface area (Å²) in [6, 6.07) is 6.27. The fraction of sp³-hybridized carbons (Fsp3) is 0.471. The first-order chi connectivity index (χ1) is 11.2. The van der Waals surface area contributed by atoms with Crippen molar-refractivity contribution >= 4 is 5.82 Å². The fourth-order valence-corrected chi connectivity index (χ4v) is 3.04. The van der Waals surface area contributed by atoms with Gasteiger partial charge in [0, 0.05) is 61.9 Å². The Hall–Kier alpha value is -2.05. The highest BCUT2D eigenvalue weighted by atomic mass is 16.3. The summed E-state index contributed by atoms with van der Waals surface area (Å²) in [6.07, 6.45) is 3.55. The highest BCUT2D eigenvalue weighted by molar-refractivity contribution is 5.57. The number of hydrogen-bond acceptors (Lipinski definition) is 6. The first kappa shape index (κ1) is 15.8. The van der Waals surface area contributed by atoms with E-state index in [1.807, 2.05) is 25.1 Å². The van der Waals surface area contributed by atoms with Gasteiger partial charge in [-0.25, -0.2) is 9.97 Å². The summed E-state index contributed by atoms with van der Waals surface area (Å²) in [5.74, 6) is 1.69. The molecule has 23 heavy (non-hydrogen) atoms. The third-order valence-electron chi connectivity index (χ3n) is 4.18. The summed E-state index contributed by atoms with van der Waals surface area (Å²) in [5.41, 5.74) is 1.89. The van der Waals surface area contributed by atoms with E-state index in [2.05, 4.69) is 26.7 Å². The number of aliphatic hydroxyl groups is 1. The summed E-state index contributed by atoms with van der Waals surface area (Å²) < 4.78 is 0. The molecule has 2 aromatic heterocycles. The second-order valence-corrected chi connectivity index (χ2v) is 6.00. The van der Waals surface area contributed by atoms with Crippen molar-refractivity contribution in [2.24, 2.45) is 0 Å². The van der Waals surface area contributed by atoms with Crippen LogP contribution in [0.25, 0.3) is 11.4 Å². The minimum absolute atomic E-state index is 0.213. The van der Waals surface area contributed by atoms with Gasteiger partial charge in [-0.1, -0.05) is 0 Å². The highest BCUT2D eigenvalue weighted by Crippen LogP contribution is 2.22. The Morgan fingerprint density at radius 1 is 1.30 bits per heavy atom. The van der Waals surface area contributed by atoms with Crippen molar-refractivity contribution in [3.05, 3.63) is 36.3 Å². The van der Waals surface area contributed by atoms with E-state index in [4.69, 9.17) is 10.1 Å². The summed E-state index contributed by atoms with van der Waals surface area (Å²) in [5, 5.41) is 9.10. The maximum Gasteiger partial charge on any atom is 0.163 e. The van der Waals surface area contributed by atoms with Crippen molar-refractivity contribution < 1.29 is 5.11 Å². The second-order valence-electron chi connectivity index (χ2n) is 6.00. The third kappa shape index (κ3) is 3.65. The molecule has 6 nitrogen and oxygen atoms in total. The molecule has 0 bridgehead atoms. The van der Waals surface area contributed by atoms with Crippen LogP contribution in [0.5, 0.6) is 0 Å². The van der Waals surface area contributed by atoms with Crippen molar-refractivity contribution in [2.45, 2.75) is 19.9 Å². The molecule has 1 fully saturated rings. The summed E-state index contributed by atoms with van der Waals surface area (Å²) in [7, 11) is 0. The van der Waals surface area contributed by atoms with E-state index in [0.29, 0.717) is 6.04 Å². The topological polar surface area (TPSA) is 65.4 Å². The van der Waals surface area contributed by atoms with Gasteiger partial charge in [-0.2, -0.15) is 0 Å². The highest BCUT2D eigenvalue weighted by Gasteiger charge is 2.25. The maximum absolute atomic E-state index is 9.10. The van der Waals surface area contributed by atoms with E-state index in [1.54, 1.807) is 12.4 Å². The van der Waals surface area contributed by atoms with Gasteiger partial charge >= 0.3 is 0 Å². The number of piperazine rings is 1. The summed E-state index contributed by atoms with van der Waals surface area (Å²) in [4.78, 5) is 18.1. The van der Waals surface area contributed by atoms with Crippen LogP contribution in [0.1, 0.15) is 12.6 Å². The maximum atomic E-state index is 9.10. The standard InChI is InChI=1S/C17H23N5O/c1-13-10-16(20-17(19-13)15-4-3-5-18-11-15)22-7-6-21(8-9-23)12-14(22)2/h3-5,10-11,14,23H,6-9,12H2,1-2H3. The number of pyridine rings is 1. The Labute approximate surface area is 136 Å². The van der Waals surface area contributed by atoms with Gasteiger partial charge in [0.05, 0.1) is 6.61 Å². The molecule has 3 heterocycles. The fourth-order valence-electron chi connectivity index (χ4n) is 3.04. The monoisotopic (exact) mass is 313 g/mol. The van der Waals surface area contributed by atoms with Crippen LogP contribution in [0, 0.1) is 6.92 Å². The summed E-state index contributed by atoms with van der Waals surface area (Å²) >= 11 is 0. The average Bonchev–Trinajstić information content (AvgIpc) is 2.55. The smallest absolute Gasteiger partial charge is 0.163 e. The lowest BCUT2D eigenvalue weighted by atomic mass is 10.2. The normalized spacial score (nSPS) is 19.1. The predicted octanol–water partition coefficient (Wildman–Crippen LogP) is 1.35. The average molecular weight is 313 g/mol. The van der Waals surface area contributed by atoms with Crippen molar-refractivity contribution in [1.82, 2.24) is 19.9 Å². The number of β-amino-alcohol motifs (C(OH)–C–C–N with tert-alkyl or cyclic N) is 1. The molecule has 0 aromatic carbocycles. The number of hydrogen-bond donors (Lipinski definition) is 1. The summed E-state index contributed by atoms with van der Waals surface area (Å²) in [6.45, 7) is 7.93. The molecule has 1 aliphatic heterocycles. The van der Waals surface area contributed by atoms with Gasteiger partial charge < -0.3 is 10.0 Å². The van der Waals surface area contributed by atoms with Crippen molar-refractivity contribution in [3.63, 3.8) is 0 Å². The van der Waals surface area contributed by atoms with Crippen LogP contribution >= 0.6 is 0 Å². The van der Waals surface area contributed by atoms with Crippen LogP contribution in [0.15, 0.2) is 30.6 Å². The molecule has 0 aliphatic carbocycles. The zero-order chi connectivity index (χ0) is 16.2. The van der Waals surface area contributed by atoms with Gasteiger partial charge in [-0.15, -0.1) is 0 Å².